The first-order chi connectivity index (χ1) is 7.65. The van der Waals surface area contributed by atoms with Gasteiger partial charge in [-0.1, -0.05) is 11.3 Å². The van der Waals surface area contributed by atoms with Crippen LogP contribution in [0.15, 0.2) is 27.4 Å². The molecule has 0 radical (unpaired) electrons. The van der Waals surface area contributed by atoms with E-state index >= 15 is 0 Å². The molecule has 0 aliphatic carbocycles. The van der Waals surface area contributed by atoms with Crippen molar-refractivity contribution in [2.45, 2.75) is 6.42 Å². The summed E-state index contributed by atoms with van der Waals surface area (Å²) in [6, 6.07) is 4.96. The summed E-state index contributed by atoms with van der Waals surface area (Å²) in [7, 11) is 0. The summed E-state index contributed by atoms with van der Waals surface area (Å²) < 4.78 is 10.8. The summed E-state index contributed by atoms with van der Waals surface area (Å²) in [6.45, 7) is 0.0925. The molecule has 0 bridgehead atoms. The number of hydrogen-bond acceptors (Lipinski definition) is 5. The van der Waals surface area contributed by atoms with Crippen LogP contribution in [0.25, 0.3) is 10.3 Å². The topological polar surface area (TPSA) is 76.7 Å². The Balaban J connectivity index is 2.13. The van der Waals surface area contributed by atoms with E-state index in [1.54, 1.807) is 18.2 Å². The van der Waals surface area contributed by atoms with Crippen LogP contribution in [0.1, 0.15) is 6.42 Å². The molecule has 0 amide bonds. The molecular formula is C10H8O5S. The van der Waals surface area contributed by atoms with Crippen LogP contribution >= 0.6 is 11.3 Å². The van der Waals surface area contributed by atoms with Gasteiger partial charge in [-0.05, 0) is 12.1 Å². The van der Waals surface area contributed by atoms with Crippen molar-refractivity contribution in [1.82, 2.24) is 0 Å². The van der Waals surface area contributed by atoms with Gasteiger partial charge in [0.15, 0.2) is 5.58 Å². The van der Waals surface area contributed by atoms with Crippen molar-refractivity contribution >= 4 is 27.6 Å². The van der Waals surface area contributed by atoms with Crippen molar-refractivity contribution in [1.29, 1.82) is 0 Å². The van der Waals surface area contributed by atoms with Crippen LogP contribution in [-0.2, 0) is 4.79 Å². The van der Waals surface area contributed by atoms with Crippen molar-refractivity contribution in [3.05, 3.63) is 27.9 Å². The van der Waals surface area contributed by atoms with Crippen molar-refractivity contribution in [3.8, 4) is 5.75 Å². The summed E-state index contributed by atoms with van der Waals surface area (Å²) >= 11 is 1.02. The maximum atomic E-state index is 10.9. The van der Waals surface area contributed by atoms with Gasteiger partial charge in [0.2, 0.25) is 0 Å². The molecule has 0 spiro atoms. The van der Waals surface area contributed by atoms with E-state index < -0.39 is 5.97 Å². The number of hydrogen-bond donors (Lipinski definition) is 1. The number of benzene rings is 1. The van der Waals surface area contributed by atoms with Crippen LogP contribution in [0.2, 0.25) is 0 Å². The Labute approximate surface area is 93.9 Å². The van der Waals surface area contributed by atoms with Gasteiger partial charge in [-0.25, -0.2) is 4.79 Å². The van der Waals surface area contributed by atoms with Crippen molar-refractivity contribution in [2.75, 3.05) is 6.61 Å². The Bertz CT molecular complexity index is 568. The highest BCUT2D eigenvalue weighted by atomic mass is 32.1. The zero-order valence-corrected chi connectivity index (χ0v) is 8.95. The number of carbonyl (C=O) groups is 1. The van der Waals surface area contributed by atoms with Crippen LogP contribution in [0.5, 0.6) is 5.75 Å². The minimum absolute atomic E-state index is 0.0639. The highest BCUT2D eigenvalue weighted by Crippen LogP contribution is 2.22. The second kappa shape index (κ2) is 4.36. The highest BCUT2D eigenvalue weighted by Gasteiger charge is 2.04. The average Bonchev–Trinajstić information content (AvgIpc) is 2.56. The lowest BCUT2D eigenvalue weighted by molar-refractivity contribution is -0.137. The fourth-order valence-corrected chi connectivity index (χ4v) is 1.85. The molecule has 1 aromatic heterocycles. The number of ether oxygens (including phenoxy) is 1. The molecule has 0 unspecified atom stereocenters. The summed E-state index contributed by atoms with van der Waals surface area (Å²) in [5, 5.41) is 8.43. The Morgan fingerprint density at radius 3 is 3.06 bits per heavy atom. The van der Waals surface area contributed by atoms with Crippen molar-refractivity contribution < 1.29 is 19.1 Å². The zero-order valence-electron chi connectivity index (χ0n) is 8.13. The zero-order chi connectivity index (χ0) is 11.5. The number of carboxylic acids is 1. The van der Waals surface area contributed by atoms with Gasteiger partial charge >= 0.3 is 10.9 Å². The third-order valence-corrected chi connectivity index (χ3v) is 2.69. The van der Waals surface area contributed by atoms with E-state index in [-0.39, 0.29) is 18.0 Å². The smallest absolute Gasteiger partial charge is 0.396 e. The molecule has 1 heterocycles. The first-order valence-corrected chi connectivity index (χ1v) is 5.35. The van der Waals surface area contributed by atoms with Crippen LogP contribution in [0, 0.1) is 0 Å². The molecule has 0 saturated heterocycles. The largest absolute Gasteiger partial charge is 0.493 e. The maximum Gasteiger partial charge on any atom is 0.396 e. The van der Waals surface area contributed by atoms with Gasteiger partial charge in [0.1, 0.15) is 5.75 Å². The lowest BCUT2D eigenvalue weighted by atomic mass is 10.3. The Morgan fingerprint density at radius 2 is 2.31 bits per heavy atom. The summed E-state index contributed by atoms with van der Waals surface area (Å²) in [6.07, 6.45) is -0.0639. The highest BCUT2D eigenvalue weighted by molar-refractivity contribution is 7.16. The van der Waals surface area contributed by atoms with Crippen LogP contribution in [0.3, 0.4) is 0 Å². The van der Waals surface area contributed by atoms with E-state index in [0.717, 1.165) is 16.0 Å². The molecule has 0 aliphatic heterocycles. The van der Waals surface area contributed by atoms with Gasteiger partial charge in [0.05, 0.1) is 17.7 Å². The van der Waals surface area contributed by atoms with E-state index in [9.17, 15) is 9.59 Å². The molecule has 6 heteroatoms. The molecule has 2 rings (SSSR count). The predicted octanol–water partition coefficient (Wildman–Crippen LogP) is 1.71. The molecule has 0 fully saturated rings. The second-order valence-electron chi connectivity index (χ2n) is 3.05. The van der Waals surface area contributed by atoms with Crippen LogP contribution in [-0.4, -0.2) is 17.7 Å². The van der Waals surface area contributed by atoms with Crippen LogP contribution in [0.4, 0.5) is 0 Å². The molecule has 5 nitrogen and oxygen atoms in total. The van der Waals surface area contributed by atoms with E-state index in [4.69, 9.17) is 14.3 Å². The molecule has 0 saturated carbocycles. The molecule has 0 atom stereocenters. The standard InChI is InChI=1S/C10H8O5S/c11-9(12)3-4-14-6-1-2-8-7(5-6)15-10(13)16-8/h1-2,5H,3-4H2,(H,11,12). The van der Waals surface area contributed by atoms with Gasteiger partial charge in [-0.3, -0.25) is 4.79 Å². The van der Waals surface area contributed by atoms with E-state index in [0.29, 0.717) is 11.3 Å². The van der Waals surface area contributed by atoms with E-state index in [1.807, 2.05) is 0 Å². The number of fused-ring (bicyclic) bond motifs is 1. The predicted molar refractivity (Wildman–Crippen MR) is 58.1 cm³/mol. The summed E-state index contributed by atoms with van der Waals surface area (Å²) in [5.74, 6) is -0.418. The molecule has 1 aromatic carbocycles. The number of carboxylic acid groups (broad SMARTS) is 1. The molecule has 84 valence electrons. The van der Waals surface area contributed by atoms with Gasteiger partial charge in [0.25, 0.3) is 0 Å². The average molecular weight is 240 g/mol. The fraction of sp³-hybridized carbons (Fsp3) is 0.200. The number of aliphatic carboxylic acids is 1. The molecule has 16 heavy (non-hydrogen) atoms. The minimum Gasteiger partial charge on any atom is -0.493 e. The normalized spacial score (nSPS) is 10.5. The number of rotatable bonds is 4. The molecule has 1 N–H and O–H groups in total. The van der Waals surface area contributed by atoms with Gasteiger partial charge in [-0.2, -0.15) is 0 Å². The first-order valence-electron chi connectivity index (χ1n) is 4.53. The quantitative estimate of drug-likeness (QED) is 0.880. The first kappa shape index (κ1) is 10.7. The molecule has 2 aromatic rings. The third kappa shape index (κ3) is 2.40. The Kier molecular flexibility index (Phi) is 2.91. The summed E-state index contributed by atoms with van der Waals surface area (Å²) in [5.41, 5.74) is 0.461. The lowest BCUT2D eigenvalue weighted by Gasteiger charge is -2.03. The second-order valence-corrected chi connectivity index (χ2v) is 4.03. The Morgan fingerprint density at radius 1 is 1.50 bits per heavy atom. The minimum atomic E-state index is -0.914. The van der Waals surface area contributed by atoms with Gasteiger partial charge < -0.3 is 14.3 Å². The monoisotopic (exact) mass is 240 g/mol. The van der Waals surface area contributed by atoms with Gasteiger partial charge in [0, 0.05) is 6.07 Å². The van der Waals surface area contributed by atoms with E-state index in [1.165, 1.54) is 0 Å². The van der Waals surface area contributed by atoms with Crippen molar-refractivity contribution in [3.63, 3.8) is 0 Å². The summed E-state index contributed by atoms with van der Waals surface area (Å²) in [4.78, 5) is 20.8. The van der Waals surface area contributed by atoms with Gasteiger partial charge in [-0.15, -0.1) is 0 Å². The molecule has 0 aliphatic rings. The fourth-order valence-electron chi connectivity index (χ4n) is 1.20. The lowest BCUT2D eigenvalue weighted by Crippen LogP contribution is -2.04. The van der Waals surface area contributed by atoms with Crippen molar-refractivity contribution in [2.24, 2.45) is 0 Å². The Hall–Kier alpha value is -1.82. The van der Waals surface area contributed by atoms with E-state index in [2.05, 4.69) is 0 Å². The van der Waals surface area contributed by atoms with Crippen LogP contribution < -0.4 is 9.68 Å². The maximum absolute atomic E-state index is 10.9. The SMILES string of the molecule is O=C(O)CCOc1ccc2sc(=O)oc2c1. The third-order valence-electron chi connectivity index (χ3n) is 1.89. The molecular weight excluding hydrogens is 232 g/mol.